The van der Waals surface area contributed by atoms with Crippen molar-refractivity contribution in [2.45, 2.75) is 0 Å². The van der Waals surface area contributed by atoms with Crippen LogP contribution in [0.25, 0.3) is 85.3 Å². The minimum Gasteiger partial charge on any atom is -0.507 e. The molecule has 0 aliphatic heterocycles. The second kappa shape index (κ2) is 6.29. The molecule has 0 saturated heterocycles. The molecule has 0 bridgehead atoms. The summed E-state index contributed by atoms with van der Waals surface area (Å²) in [4.78, 5) is 10.3. The van der Waals surface area contributed by atoms with Gasteiger partial charge in [-0.2, -0.15) is 0 Å². The van der Waals surface area contributed by atoms with Crippen molar-refractivity contribution in [1.29, 1.82) is 0 Å². The molecule has 9 rings (SSSR count). The Morgan fingerprint density at radius 3 is 1.39 bits per heavy atom. The molecular formula is C30H14N2O2S2. The van der Waals surface area contributed by atoms with Crippen molar-refractivity contribution in [3.8, 4) is 11.5 Å². The summed E-state index contributed by atoms with van der Waals surface area (Å²) >= 11 is 3.23. The third-order valence-corrected chi connectivity index (χ3v) is 9.39. The van der Waals surface area contributed by atoms with E-state index >= 15 is 0 Å². The van der Waals surface area contributed by atoms with Crippen molar-refractivity contribution in [3.63, 3.8) is 0 Å². The van der Waals surface area contributed by atoms with Gasteiger partial charge in [-0.25, -0.2) is 9.97 Å². The molecule has 0 fully saturated rings. The van der Waals surface area contributed by atoms with E-state index in [0.29, 0.717) is 21.8 Å². The Labute approximate surface area is 210 Å². The number of para-hydroxylation sites is 2. The van der Waals surface area contributed by atoms with Crippen LogP contribution in [0.15, 0.2) is 71.4 Å². The van der Waals surface area contributed by atoms with E-state index in [9.17, 15) is 10.2 Å². The van der Waals surface area contributed by atoms with E-state index in [1.54, 1.807) is 22.7 Å². The first kappa shape index (κ1) is 19.0. The summed E-state index contributed by atoms with van der Waals surface area (Å²) in [6, 6.07) is 20.2. The first-order valence-corrected chi connectivity index (χ1v) is 13.4. The van der Waals surface area contributed by atoms with Crippen LogP contribution < -0.4 is 0 Å². The number of benzene rings is 5. The highest BCUT2D eigenvalue weighted by Crippen LogP contribution is 2.54. The lowest BCUT2D eigenvalue weighted by Gasteiger charge is -2.19. The maximum atomic E-state index is 11.7. The van der Waals surface area contributed by atoms with Gasteiger partial charge in [0.05, 0.1) is 32.8 Å². The largest absolute Gasteiger partial charge is 0.507 e. The lowest BCUT2D eigenvalue weighted by atomic mass is 9.89. The molecule has 2 N–H and O–H groups in total. The summed E-state index contributed by atoms with van der Waals surface area (Å²) in [7, 11) is 0. The van der Waals surface area contributed by atoms with Crippen molar-refractivity contribution in [2.75, 3.05) is 0 Å². The highest BCUT2D eigenvalue weighted by atomic mass is 32.1. The van der Waals surface area contributed by atoms with Crippen molar-refractivity contribution < 1.29 is 10.2 Å². The number of pyridine rings is 2. The SMILES string of the molecule is Oc1c2ccsc2c2c3ccccc3nc3c4c(O)c5ccsc5c5c6ccccc6nc(c1c32)c45. The molecule has 6 heteroatoms. The number of aromatic nitrogens is 2. The van der Waals surface area contributed by atoms with Crippen LogP contribution in [0, 0.1) is 0 Å². The highest BCUT2D eigenvalue weighted by Gasteiger charge is 2.27. The number of nitrogens with zero attached hydrogens (tertiary/aromatic N) is 2. The monoisotopic (exact) mass is 498 g/mol. The van der Waals surface area contributed by atoms with Crippen LogP contribution in [0.5, 0.6) is 11.5 Å². The molecular weight excluding hydrogens is 484 g/mol. The van der Waals surface area contributed by atoms with Gasteiger partial charge < -0.3 is 10.2 Å². The Balaban J connectivity index is 1.80. The zero-order chi connectivity index (χ0) is 23.7. The van der Waals surface area contributed by atoms with E-state index in [2.05, 4.69) is 12.1 Å². The standard InChI is InChI=1S/C30H14N2O2S2/c33-27-15-9-11-35-29(15)19-13-5-1-3-7-17(13)31-25-21(19)23(27)26-22-20(14-6-2-4-8-18(14)32-26)30-16(10-12-36-30)28(34)24(22)25/h1-12,33-34H. The van der Waals surface area contributed by atoms with E-state index in [1.165, 1.54) is 0 Å². The van der Waals surface area contributed by atoms with Crippen molar-refractivity contribution in [1.82, 2.24) is 9.97 Å². The van der Waals surface area contributed by atoms with Gasteiger partial charge in [-0.05, 0) is 35.0 Å². The Morgan fingerprint density at radius 1 is 0.472 bits per heavy atom. The molecule has 0 amide bonds. The van der Waals surface area contributed by atoms with Gasteiger partial charge in [0.15, 0.2) is 0 Å². The maximum absolute atomic E-state index is 11.7. The number of phenolic OH excluding ortho intramolecular Hbond substituents is 2. The molecule has 4 nitrogen and oxygen atoms in total. The van der Waals surface area contributed by atoms with Crippen molar-refractivity contribution in [3.05, 3.63) is 71.4 Å². The summed E-state index contributed by atoms with van der Waals surface area (Å²) in [6.45, 7) is 0. The van der Waals surface area contributed by atoms with Crippen LogP contribution in [0.4, 0.5) is 0 Å². The molecule has 0 unspecified atom stereocenters. The van der Waals surface area contributed by atoms with E-state index < -0.39 is 0 Å². The molecule has 0 aliphatic carbocycles. The molecule has 0 spiro atoms. The fourth-order valence-electron chi connectivity index (χ4n) is 6.09. The number of thiophene rings is 2. The zero-order valence-corrected chi connectivity index (χ0v) is 20.2. The number of aromatic hydroxyl groups is 2. The predicted octanol–water partition coefficient (Wildman–Crippen LogP) is 8.67. The summed E-state index contributed by atoms with van der Waals surface area (Å²) < 4.78 is 2.03. The Kier molecular flexibility index (Phi) is 3.32. The van der Waals surface area contributed by atoms with Crippen LogP contribution in [0.2, 0.25) is 0 Å². The minimum atomic E-state index is 0.220. The second-order valence-corrected chi connectivity index (χ2v) is 11.1. The molecule has 0 atom stereocenters. The van der Waals surface area contributed by atoms with Gasteiger partial charge in [-0.3, -0.25) is 0 Å². The first-order valence-electron chi connectivity index (χ1n) is 11.6. The first-order chi connectivity index (χ1) is 17.7. The van der Waals surface area contributed by atoms with Gasteiger partial charge in [0.1, 0.15) is 11.5 Å². The van der Waals surface area contributed by atoms with Gasteiger partial charge in [-0.15, -0.1) is 22.7 Å². The molecule has 36 heavy (non-hydrogen) atoms. The second-order valence-electron chi connectivity index (χ2n) is 9.23. The van der Waals surface area contributed by atoms with Gasteiger partial charge in [0, 0.05) is 52.5 Å². The molecule has 5 aromatic carbocycles. The van der Waals surface area contributed by atoms with Crippen molar-refractivity contribution in [2.24, 2.45) is 0 Å². The minimum absolute atomic E-state index is 0.220. The average Bonchev–Trinajstić information content (AvgIpc) is 3.59. The molecule has 0 aliphatic rings. The lowest BCUT2D eigenvalue weighted by Crippen LogP contribution is -1.95. The lowest BCUT2D eigenvalue weighted by molar-refractivity contribution is 0.487. The van der Waals surface area contributed by atoms with E-state index in [4.69, 9.17) is 9.97 Å². The third kappa shape index (κ3) is 2.04. The summed E-state index contributed by atoms with van der Waals surface area (Å²) in [5.41, 5.74) is 3.12. The van der Waals surface area contributed by atoms with Gasteiger partial charge in [-0.1, -0.05) is 36.4 Å². The molecule has 4 heterocycles. The Bertz CT molecular complexity index is 2230. The van der Waals surface area contributed by atoms with E-state index in [1.807, 2.05) is 59.3 Å². The Hall–Kier alpha value is -4.26. The van der Waals surface area contributed by atoms with Gasteiger partial charge in [0.25, 0.3) is 0 Å². The normalized spacial score (nSPS) is 12.7. The summed E-state index contributed by atoms with van der Waals surface area (Å²) in [5.74, 6) is 0.440. The van der Waals surface area contributed by atoms with E-state index in [-0.39, 0.29) is 11.5 Å². The molecule has 9 aromatic rings. The number of phenols is 2. The Morgan fingerprint density at radius 2 is 0.917 bits per heavy atom. The van der Waals surface area contributed by atoms with Crippen LogP contribution >= 0.6 is 22.7 Å². The molecule has 4 aromatic heterocycles. The summed E-state index contributed by atoms with van der Waals surface area (Å²) in [6.07, 6.45) is 0. The zero-order valence-electron chi connectivity index (χ0n) is 18.5. The maximum Gasteiger partial charge on any atom is 0.134 e. The van der Waals surface area contributed by atoms with Crippen LogP contribution in [0.1, 0.15) is 0 Å². The summed E-state index contributed by atoms with van der Waals surface area (Å²) in [5, 5.41) is 36.4. The number of rotatable bonds is 0. The smallest absolute Gasteiger partial charge is 0.134 e. The quantitative estimate of drug-likeness (QED) is 0.162. The molecule has 0 radical (unpaired) electrons. The van der Waals surface area contributed by atoms with Gasteiger partial charge in [0.2, 0.25) is 0 Å². The fourth-order valence-corrected chi connectivity index (χ4v) is 8.01. The van der Waals surface area contributed by atoms with Crippen LogP contribution in [-0.2, 0) is 0 Å². The van der Waals surface area contributed by atoms with Gasteiger partial charge >= 0.3 is 0 Å². The number of hydrogen-bond donors (Lipinski definition) is 2. The van der Waals surface area contributed by atoms with E-state index in [0.717, 1.165) is 63.5 Å². The van der Waals surface area contributed by atoms with Crippen molar-refractivity contribution >= 4 is 108 Å². The molecule has 0 saturated carbocycles. The fraction of sp³-hybridized carbons (Fsp3) is 0. The third-order valence-electron chi connectivity index (χ3n) is 7.53. The predicted molar refractivity (Wildman–Crippen MR) is 152 cm³/mol. The number of fused-ring (bicyclic) bond motifs is 10. The van der Waals surface area contributed by atoms with Crippen LogP contribution in [-0.4, -0.2) is 20.2 Å². The topological polar surface area (TPSA) is 66.2 Å². The highest BCUT2D eigenvalue weighted by molar-refractivity contribution is 7.19. The average molecular weight is 499 g/mol. The van der Waals surface area contributed by atoms with Crippen LogP contribution in [0.3, 0.4) is 0 Å². The molecule has 168 valence electrons. The number of hydrogen-bond acceptors (Lipinski definition) is 6.